The molecule has 2 saturated heterocycles. The molecule has 0 bridgehead atoms. The number of benzene rings is 1. The van der Waals surface area contributed by atoms with Crippen molar-refractivity contribution in [2.75, 3.05) is 31.5 Å². The highest BCUT2D eigenvalue weighted by molar-refractivity contribution is 6.00. The number of fused-ring (bicyclic) bond motifs is 1. The zero-order valence-corrected chi connectivity index (χ0v) is 20.1. The lowest BCUT2D eigenvalue weighted by atomic mass is 9.89. The lowest BCUT2D eigenvalue weighted by Crippen LogP contribution is -2.40. The number of carbonyl (C=O) groups is 3. The van der Waals surface area contributed by atoms with Gasteiger partial charge in [0.15, 0.2) is 5.78 Å². The Kier molecular flexibility index (Phi) is 6.53. The van der Waals surface area contributed by atoms with Crippen LogP contribution >= 0.6 is 0 Å². The van der Waals surface area contributed by atoms with Crippen molar-refractivity contribution in [3.63, 3.8) is 0 Å². The van der Waals surface area contributed by atoms with Gasteiger partial charge >= 0.3 is 6.03 Å². The van der Waals surface area contributed by atoms with Gasteiger partial charge in [0, 0.05) is 43.6 Å². The van der Waals surface area contributed by atoms with Crippen molar-refractivity contribution in [1.82, 2.24) is 19.4 Å². The molecule has 2 fully saturated rings. The Balaban J connectivity index is 1.23. The molecule has 2 aromatic heterocycles. The summed E-state index contributed by atoms with van der Waals surface area (Å²) in [5.74, 6) is 0.397. The van der Waals surface area contributed by atoms with Gasteiger partial charge in [-0.1, -0.05) is 0 Å². The molecule has 4 heterocycles. The summed E-state index contributed by atoms with van der Waals surface area (Å²) in [7, 11) is 0. The van der Waals surface area contributed by atoms with E-state index in [4.69, 9.17) is 0 Å². The molecule has 8 heteroatoms. The number of nitrogens with zero attached hydrogens (tertiary/aromatic N) is 4. The molecule has 1 N–H and O–H groups in total. The molecule has 2 aliphatic rings. The molecule has 8 nitrogen and oxygen atoms in total. The van der Waals surface area contributed by atoms with Crippen molar-refractivity contribution in [2.24, 2.45) is 0 Å². The van der Waals surface area contributed by atoms with Gasteiger partial charge < -0.3 is 15.1 Å². The number of carbonyl (C=O) groups excluding carboxylic acids is 3. The number of Topliss-reactive ketones (excluding diaryl/α,β-unsaturated/α-hetero) is 1. The third-order valence-electron chi connectivity index (χ3n) is 7.22. The van der Waals surface area contributed by atoms with Crippen LogP contribution in [0.5, 0.6) is 0 Å². The summed E-state index contributed by atoms with van der Waals surface area (Å²) in [6.07, 6.45) is 8.64. The van der Waals surface area contributed by atoms with E-state index < -0.39 is 0 Å². The minimum Gasteiger partial charge on any atom is -0.339 e. The Morgan fingerprint density at radius 2 is 1.63 bits per heavy atom. The van der Waals surface area contributed by atoms with E-state index in [1.54, 1.807) is 35.0 Å². The van der Waals surface area contributed by atoms with Crippen LogP contribution in [-0.4, -0.2) is 63.3 Å². The summed E-state index contributed by atoms with van der Waals surface area (Å²) >= 11 is 0. The topological polar surface area (TPSA) is 87.0 Å². The van der Waals surface area contributed by atoms with Crippen LogP contribution in [-0.2, 0) is 0 Å². The average molecular weight is 474 g/mol. The molecule has 0 aliphatic carbocycles. The molecule has 5 rings (SSSR count). The highest BCUT2D eigenvalue weighted by atomic mass is 16.2. The number of pyridine rings is 1. The molecule has 0 atom stereocenters. The van der Waals surface area contributed by atoms with Crippen molar-refractivity contribution in [1.29, 1.82) is 0 Å². The number of nitrogens with one attached hydrogen (secondary N) is 1. The van der Waals surface area contributed by atoms with E-state index in [9.17, 15) is 14.4 Å². The van der Waals surface area contributed by atoms with Gasteiger partial charge in [-0.2, -0.15) is 5.10 Å². The fraction of sp³-hybridized carbons (Fsp3) is 0.407. The molecule has 1 aromatic carbocycles. The van der Waals surface area contributed by atoms with E-state index in [-0.39, 0.29) is 17.7 Å². The second-order valence-corrected chi connectivity index (χ2v) is 9.53. The second kappa shape index (κ2) is 9.90. The number of aromatic nitrogens is 2. The number of amides is 3. The normalized spacial score (nSPS) is 16.9. The van der Waals surface area contributed by atoms with Crippen LogP contribution in [0, 0.1) is 0 Å². The third-order valence-corrected chi connectivity index (χ3v) is 7.22. The van der Waals surface area contributed by atoms with Crippen LogP contribution in [0.2, 0.25) is 0 Å². The van der Waals surface area contributed by atoms with Crippen LogP contribution in [0.15, 0.2) is 48.8 Å². The van der Waals surface area contributed by atoms with Crippen molar-refractivity contribution in [3.8, 4) is 0 Å². The molecule has 0 spiro atoms. The summed E-state index contributed by atoms with van der Waals surface area (Å²) < 4.78 is 1.78. The quantitative estimate of drug-likeness (QED) is 0.562. The first-order chi connectivity index (χ1) is 17.0. The van der Waals surface area contributed by atoms with Gasteiger partial charge in [-0.15, -0.1) is 0 Å². The standard InChI is InChI=1S/C27H31N5O3/c1-19(33)20-5-7-23(8-6-20)29-27(35)31-14-9-21(10-15-31)22-11-16-32-25(17-22)24(18-28-32)26(34)30-12-3-2-4-13-30/h5-8,11,16-18,21H,2-4,9-10,12-15H2,1H3,(H,29,35). The number of urea groups is 1. The fourth-order valence-corrected chi connectivity index (χ4v) is 5.09. The molecule has 35 heavy (non-hydrogen) atoms. The number of piperidine rings is 2. The molecule has 0 radical (unpaired) electrons. The summed E-state index contributed by atoms with van der Waals surface area (Å²) in [6, 6.07) is 11.0. The van der Waals surface area contributed by atoms with E-state index in [0.717, 1.165) is 44.3 Å². The number of rotatable bonds is 4. The summed E-state index contributed by atoms with van der Waals surface area (Å²) in [6.45, 7) is 4.47. The van der Waals surface area contributed by atoms with Gasteiger partial charge in [-0.25, -0.2) is 9.31 Å². The first kappa shape index (κ1) is 23.1. The SMILES string of the molecule is CC(=O)c1ccc(NC(=O)N2CCC(c3ccn4ncc(C(=O)N5CCCCC5)c4c3)CC2)cc1. The predicted octanol–water partition coefficient (Wildman–Crippen LogP) is 4.57. The van der Waals surface area contributed by atoms with Crippen LogP contribution < -0.4 is 5.32 Å². The van der Waals surface area contributed by atoms with Crippen molar-refractivity contribution in [2.45, 2.75) is 44.9 Å². The number of anilines is 1. The Morgan fingerprint density at radius 1 is 0.914 bits per heavy atom. The zero-order valence-electron chi connectivity index (χ0n) is 20.1. The fourth-order valence-electron chi connectivity index (χ4n) is 5.09. The maximum absolute atomic E-state index is 13.1. The summed E-state index contributed by atoms with van der Waals surface area (Å²) in [4.78, 5) is 41.0. The highest BCUT2D eigenvalue weighted by Gasteiger charge is 2.26. The predicted molar refractivity (Wildman–Crippen MR) is 134 cm³/mol. The monoisotopic (exact) mass is 473 g/mol. The first-order valence-electron chi connectivity index (χ1n) is 12.4. The first-order valence-corrected chi connectivity index (χ1v) is 12.4. The summed E-state index contributed by atoms with van der Waals surface area (Å²) in [5.41, 5.74) is 4.01. The minimum atomic E-state index is -0.125. The Hall–Kier alpha value is -3.68. The lowest BCUT2D eigenvalue weighted by Gasteiger charge is -2.32. The maximum Gasteiger partial charge on any atom is 0.321 e. The lowest BCUT2D eigenvalue weighted by molar-refractivity contribution is 0.0726. The van der Waals surface area contributed by atoms with Crippen LogP contribution in [0.4, 0.5) is 10.5 Å². The Bertz CT molecular complexity index is 1240. The molecule has 0 saturated carbocycles. The van der Waals surface area contributed by atoms with Crippen molar-refractivity contribution >= 4 is 28.9 Å². The Labute approximate surface area is 204 Å². The van der Waals surface area contributed by atoms with Crippen molar-refractivity contribution in [3.05, 3.63) is 65.5 Å². The molecule has 182 valence electrons. The smallest absolute Gasteiger partial charge is 0.321 e. The maximum atomic E-state index is 13.1. The van der Waals surface area contributed by atoms with Crippen LogP contribution in [0.3, 0.4) is 0 Å². The van der Waals surface area contributed by atoms with Crippen LogP contribution in [0.1, 0.15) is 71.2 Å². The van der Waals surface area contributed by atoms with E-state index >= 15 is 0 Å². The Morgan fingerprint density at radius 3 is 2.31 bits per heavy atom. The van der Waals surface area contributed by atoms with Gasteiger partial charge in [0.1, 0.15) is 0 Å². The van der Waals surface area contributed by atoms with Crippen LogP contribution in [0.25, 0.3) is 5.52 Å². The summed E-state index contributed by atoms with van der Waals surface area (Å²) in [5, 5.41) is 7.33. The second-order valence-electron chi connectivity index (χ2n) is 9.53. The highest BCUT2D eigenvalue weighted by Crippen LogP contribution is 2.30. The van der Waals surface area contributed by atoms with Gasteiger partial charge in [0.2, 0.25) is 0 Å². The molecular formula is C27H31N5O3. The number of ketones is 1. The van der Waals surface area contributed by atoms with E-state index in [1.165, 1.54) is 18.9 Å². The minimum absolute atomic E-state index is 0.00190. The number of hydrogen-bond acceptors (Lipinski definition) is 4. The molecule has 3 aromatic rings. The van der Waals surface area contributed by atoms with E-state index in [2.05, 4.69) is 22.5 Å². The number of hydrogen-bond donors (Lipinski definition) is 1. The molecule has 0 unspecified atom stereocenters. The van der Waals surface area contributed by atoms with Crippen molar-refractivity contribution < 1.29 is 14.4 Å². The third kappa shape index (κ3) is 4.92. The number of likely N-dealkylation sites (tertiary alicyclic amines) is 2. The van der Waals surface area contributed by atoms with Gasteiger partial charge in [-0.05, 0) is 86.9 Å². The molecule has 2 aliphatic heterocycles. The molecular weight excluding hydrogens is 442 g/mol. The van der Waals surface area contributed by atoms with Gasteiger partial charge in [0.25, 0.3) is 5.91 Å². The van der Waals surface area contributed by atoms with E-state index in [0.29, 0.717) is 35.8 Å². The van der Waals surface area contributed by atoms with Gasteiger partial charge in [0.05, 0.1) is 17.3 Å². The van der Waals surface area contributed by atoms with Gasteiger partial charge in [-0.3, -0.25) is 9.59 Å². The largest absolute Gasteiger partial charge is 0.339 e. The average Bonchev–Trinajstić information content (AvgIpc) is 3.32. The molecule has 3 amide bonds. The zero-order chi connectivity index (χ0) is 24.4. The van der Waals surface area contributed by atoms with E-state index in [1.807, 2.05) is 16.0 Å².